The molecule has 3 nitrogen and oxygen atoms in total. The molecule has 0 saturated carbocycles. The van der Waals surface area contributed by atoms with Gasteiger partial charge in [0.1, 0.15) is 0 Å². The summed E-state index contributed by atoms with van der Waals surface area (Å²) in [5, 5.41) is 8.80. The van der Waals surface area contributed by atoms with Gasteiger partial charge >= 0.3 is 5.97 Å². The van der Waals surface area contributed by atoms with E-state index in [9.17, 15) is 4.79 Å². The summed E-state index contributed by atoms with van der Waals surface area (Å²) >= 11 is 1.80. The molecule has 1 aliphatic rings. The fourth-order valence-corrected chi connectivity index (χ4v) is 3.02. The Labute approximate surface area is 112 Å². The lowest BCUT2D eigenvalue weighted by Gasteiger charge is -2.13. The van der Waals surface area contributed by atoms with Crippen LogP contribution < -0.4 is 0 Å². The topological polar surface area (TPSA) is 40.5 Å². The molecule has 0 radical (unpaired) electrons. The minimum absolute atomic E-state index is 0.358. The molecule has 1 aromatic rings. The maximum atomic E-state index is 10.7. The lowest BCUT2D eigenvalue weighted by molar-refractivity contribution is 0.0697. The molecule has 4 heteroatoms. The third-order valence-corrected chi connectivity index (χ3v) is 4.29. The van der Waals surface area contributed by atoms with Gasteiger partial charge in [0, 0.05) is 4.90 Å². The average molecular weight is 265 g/mol. The van der Waals surface area contributed by atoms with Crippen molar-refractivity contribution in [1.82, 2.24) is 4.90 Å². The van der Waals surface area contributed by atoms with Gasteiger partial charge in [-0.1, -0.05) is 0 Å². The van der Waals surface area contributed by atoms with E-state index in [1.54, 1.807) is 23.9 Å². The van der Waals surface area contributed by atoms with Crippen molar-refractivity contribution in [3.8, 4) is 0 Å². The molecule has 1 aliphatic heterocycles. The maximum Gasteiger partial charge on any atom is 0.335 e. The number of likely N-dealkylation sites (tertiary alicyclic amines) is 1. The van der Waals surface area contributed by atoms with Gasteiger partial charge in [-0.05, 0) is 68.9 Å². The molecule has 0 aromatic heterocycles. The van der Waals surface area contributed by atoms with Crippen LogP contribution in [0.3, 0.4) is 0 Å². The number of nitrogens with zero attached hydrogens (tertiary/aromatic N) is 1. The fraction of sp³-hybridized carbons (Fsp3) is 0.500. The second kappa shape index (κ2) is 6.81. The number of carboxylic acid groups (broad SMARTS) is 1. The molecule has 1 N–H and O–H groups in total. The summed E-state index contributed by atoms with van der Waals surface area (Å²) < 4.78 is 0. The van der Waals surface area contributed by atoms with Crippen LogP contribution in [-0.4, -0.2) is 41.4 Å². The van der Waals surface area contributed by atoms with Crippen LogP contribution in [0.25, 0.3) is 0 Å². The van der Waals surface area contributed by atoms with Crippen molar-refractivity contribution >= 4 is 17.7 Å². The lowest BCUT2D eigenvalue weighted by Crippen LogP contribution is -2.20. The third kappa shape index (κ3) is 4.03. The van der Waals surface area contributed by atoms with E-state index in [2.05, 4.69) is 4.90 Å². The van der Waals surface area contributed by atoms with E-state index in [1.165, 1.54) is 38.9 Å². The van der Waals surface area contributed by atoms with Crippen LogP contribution in [0, 0.1) is 0 Å². The van der Waals surface area contributed by atoms with E-state index in [4.69, 9.17) is 5.11 Å². The number of rotatable bonds is 6. The van der Waals surface area contributed by atoms with Gasteiger partial charge < -0.3 is 10.0 Å². The van der Waals surface area contributed by atoms with Gasteiger partial charge in [-0.15, -0.1) is 11.8 Å². The van der Waals surface area contributed by atoms with Gasteiger partial charge in [0.05, 0.1) is 5.56 Å². The summed E-state index contributed by atoms with van der Waals surface area (Å²) in [6.45, 7) is 3.72. The summed E-state index contributed by atoms with van der Waals surface area (Å²) in [7, 11) is 0. The summed E-state index contributed by atoms with van der Waals surface area (Å²) in [5.74, 6) is 0.240. The second-order valence-corrected chi connectivity index (χ2v) is 5.75. The summed E-state index contributed by atoms with van der Waals surface area (Å²) in [6, 6.07) is 7.13. The van der Waals surface area contributed by atoms with E-state index in [0.717, 1.165) is 10.6 Å². The smallest absolute Gasteiger partial charge is 0.335 e. The highest BCUT2D eigenvalue weighted by Gasteiger charge is 2.10. The van der Waals surface area contributed by atoms with Gasteiger partial charge in [-0.2, -0.15) is 0 Å². The number of carboxylic acids is 1. The monoisotopic (exact) mass is 265 g/mol. The molecular weight excluding hydrogens is 246 g/mol. The number of benzene rings is 1. The van der Waals surface area contributed by atoms with Crippen molar-refractivity contribution < 1.29 is 9.90 Å². The summed E-state index contributed by atoms with van der Waals surface area (Å²) in [6.07, 6.45) is 3.90. The van der Waals surface area contributed by atoms with Crippen molar-refractivity contribution in [1.29, 1.82) is 0 Å². The predicted octanol–water partition coefficient (Wildman–Crippen LogP) is 2.96. The molecule has 1 heterocycles. The molecule has 1 fully saturated rings. The van der Waals surface area contributed by atoms with Gasteiger partial charge in [-0.3, -0.25) is 0 Å². The van der Waals surface area contributed by atoms with Gasteiger partial charge in [0.25, 0.3) is 0 Å². The first-order valence-corrected chi connectivity index (χ1v) is 7.43. The molecular formula is C14H19NO2S. The predicted molar refractivity (Wildman–Crippen MR) is 74.4 cm³/mol. The van der Waals surface area contributed by atoms with Gasteiger partial charge in [0.15, 0.2) is 0 Å². The average Bonchev–Trinajstić information content (AvgIpc) is 2.88. The van der Waals surface area contributed by atoms with Crippen LogP contribution in [0.5, 0.6) is 0 Å². The summed E-state index contributed by atoms with van der Waals surface area (Å²) in [5.41, 5.74) is 0.358. The van der Waals surface area contributed by atoms with Crippen molar-refractivity contribution in [2.45, 2.75) is 24.2 Å². The number of hydrogen-bond donors (Lipinski definition) is 1. The van der Waals surface area contributed by atoms with Crippen LogP contribution in [0.1, 0.15) is 29.6 Å². The summed E-state index contributed by atoms with van der Waals surface area (Å²) in [4.78, 5) is 14.4. The minimum Gasteiger partial charge on any atom is -0.478 e. The largest absolute Gasteiger partial charge is 0.478 e. The molecule has 2 rings (SSSR count). The Balaban J connectivity index is 1.68. The molecule has 0 bridgehead atoms. The first kappa shape index (κ1) is 13.4. The standard InChI is InChI=1S/C14H19NO2S/c16-14(17)12-4-6-13(7-5-12)18-11-3-10-15-8-1-2-9-15/h4-7H,1-3,8-11H2,(H,16,17). The maximum absolute atomic E-state index is 10.7. The Kier molecular flexibility index (Phi) is 5.08. The zero-order valence-corrected chi connectivity index (χ0v) is 11.3. The molecule has 0 unspecified atom stereocenters. The van der Waals surface area contributed by atoms with E-state index in [1.807, 2.05) is 12.1 Å². The van der Waals surface area contributed by atoms with E-state index < -0.39 is 5.97 Å². The Morgan fingerprint density at radius 1 is 1.22 bits per heavy atom. The van der Waals surface area contributed by atoms with Gasteiger partial charge in [0.2, 0.25) is 0 Å². The Hall–Kier alpha value is -1.00. The highest BCUT2D eigenvalue weighted by molar-refractivity contribution is 7.99. The third-order valence-electron chi connectivity index (χ3n) is 3.19. The number of thioether (sulfide) groups is 1. The normalized spacial score (nSPS) is 16.0. The quantitative estimate of drug-likeness (QED) is 0.634. The Bertz CT molecular complexity index is 385. The van der Waals surface area contributed by atoms with E-state index in [0.29, 0.717) is 5.56 Å². The zero-order valence-electron chi connectivity index (χ0n) is 10.5. The zero-order chi connectivity index (χ0) is 12.8. The molecule has 0 amide bonds. The van der Waals surface area contributed by atoms with Crippen molar-refractivity contribution in [3.63, 3.8) is 0 Å². The van der Waals surface area contributed by atoms with Crippen LogP contribution in [-0.2, 0) is 0 Å². The molecule has 0 aliphatic carbocycles. The molecule has 98 valence electrons. The van der Waals surface area contributed by atoms with Gasteiger partial charge in [-0.25, -0.2) is 4.79 Å². The van der Waals surface area contributed by atoms with Crippen molar-refractivity contribution in [2.75, 3.05) is 25.4 Å². The van der Waals surface area contributed by atoms with E-state index >= 15 is 0 Å². The Morgan fingerprint density at radius 2 is 1.89 bits per heavy atom. The molecule has 0 atom stereocenters. The van der Waals surface area contributed by atoms with Crippen molar-refractivity contribution in [3.05, 3.63) is 29.8 Å². The van der Waals surface area contributed by atoms with Crippen molar-refractivity contribution in [2.24, 2.45) is 0 Å². The molecule has 0 spiro atoms. The van der Waals surface area contributed by atoms with Crippen LogP contribution in [0.15, 0.2) is 29.2 Å². The minimum atomic E-state index is -0.861. The second-order valence-electron chi connectivity index (χ2n) is 4.58. The SMILES string of the molecule is O=C(O)c1ccc(SCCCN2CCCC2)cc1. The fourth-order valence-electron chi connectivity index (χ4n) is 2.18. The highest BCUT2D eigenvalue weighted by atomic mass is 32.2. The number of hydrogen-bond acceptors (Lipinski definition) is 3. The van der Waals surface area contributed by atoms with Crippen LogP contribution in [0.2, 0.25) is 0 Å². The Morgan fingerprint density at radius 3 is 2.50 bits per heavy atom. The number of aromatic carboxylic acids is 1. The van der Waals surface area contributed by atoms with Crippen LogP contribution in [0.4, 0.5) is 0 Å². The number of carbonyl (C=O) groups is 1. The highest BCUT2D eigenvalue weighted by Crippen LogP contribution is 2.19. The first-order valence-electron chi connectivity index (χ1n) is 6.44. The lowest BCUT2D eigenvalue weighted by atomic mass is 10.2. The molecule has 1 saturated heterocycles. The molecule has 18 heavy (non-hydrogen) atoms. The van der Waals surface area contributed by atoms with Crippen LogP contribution >= 0.6 is 11.8 Å². The molecule has 1 aromatic carbocycles. The first-order chi connectivity index (χ1) is 8.75. The van der Waals surface area contributed by atoms with E-state index in [-0.39, 0.29) is 0 Å².